The molecule has 1 aromatic carbocycles. The van der Waals surface area contributed by atoms with E-state index in [4.69, 9.17) is 5.21 Å². The molecule has 3 aromatic rings. The zero-order valence-corrected chi connectivity index (χ0v) is 18.2. The van der Waals surface area contributed by atoms with Crippen molar-refractivity contribution in [2.45, 2.75) is 24.6 Å². The van der Waals surface area contributed by atoms with Crippen LogP contribution in [0.1, 0.15) is 13.3 Å². The molecule has 2 aromatic heterocycles. The van der Waals surface area contributed by atoms with Crippen molar-refractivity contribution in [2.24, 2.45) is 0 Å². The Labute approximate surface area is 178 Å². The van der Waals surface area contributed by atoms with Crippen molar-refractivity contribution in [3.8, 4) is 20.9 Å². The van der Waals surface area contributed by atoms with Crippen molar-refractivity contribution in [2.75, 3.05) is 6.26 Å². The Bertz CT molecular complexity index is 1220. The van der Waals surface area contributed by atoms with Crippen LogP contribution in [-0.2, 0) is 21.2 Å². The number of hydroxylamine groups is 1. The van der Waals surface area contributed by atoms with E-state index in [0.717, 1.165) is 27.1 Å². The Hall–Kier alpha value is -2.75. The van der Waals surface area contributed by atoms with Gasteiger partial charge in [-0.25, -0.2) is 13.9 Å². The maximum atomic E-state index is 12.6. The number of thiophene rings is 1. The van der Waals surface area contributed by atoms with E-state index in [1.807, 2.05) is 42.5 Å². The second-order valence-electron chi connectivity index (χ2n) is 7.17. The van der Waals surface area contributed by atoms with Crippen molar-refractivity contribution in [1.82, 2.24) is 10.0 Å². The first-order chi connectivity index (χ1) is 14.2. The van der Waals surface area contributed by atoms with Gasteiger partial charge in [0.1, 0.15) is 0 Å². The highest BCUT2D eigenvalue weighted by molar-refractivity contribution is 7.92. The van der Waals surface area contributed by atoms with Gasteiger partial charge in [0.25, 0.3) is 11.5 Å². The number of benzene rings is 1. The molecule has 0 aliphatic heterocycles. The monoisotopic (exact) mass is 446 g/mol. The lowest BCUT2D eigenvalue weighted by atomic mass is 10.1. The molecule has 0 unspecified atom stereocenters. The SMILES string of the molecule is C[C@@](CCn1ccc(-c2ccc(-c3ccccc3)s2)cc1=O)(C(=O)NO)S(C)(=O)=O. The largest absolute Gasteiger partial charge is 0.315 e. The number of carbonyl (C=O) groups is 1. The first-order valence-electron chi connectivity index (χ1n) is 9.16. The highest BCUT2D eigenvalue weighted by Gasteiger charge is 2.43. The van der Waals surface area contributed by atoms with E-state index in [9.17, 15) is 18.0 Å². The fourth-order valence-electron chi connectivity index (χ4n) is 3.02. The maximum absolute atomic E-state index is 12.6. The van der Waals surface area contributed by atoms with Crippen LogP contribution in [0.4, 0.5) is 0 Å². The highest BCUT2D eigenvalue weighted by atomic mass is 32.2. The smallest absolute Gasteiger partial charge is 0.264 e. The number of aryl methyl sites for hydroxylation is 1. The third-order valence-electron chi connectivity index (χ3n) is 5.17. The van der Waals surface area contributed by atoms with Gasteiger partial charge >= 0.3 is 0 Å². The predicted octanol–water partition coefficient (Wildman–Crippen LogP) is 2.94. The molecule has 9 heteroatoms. The van der Waals surface area contributed by atoms with Crippen LogP contribution >= 0.6 is 11.3 Å². The van der Waals surface area contributed by atoms with Crippen LogP contribution in [0, 0.1) is 0 Å². The van der Waals surface area contributed by atoms with Crippen LogP contribution in [0.2, 0.25) is 0 Å². The minimum absolute atomic E-state index is 0.00973. The summed E-state index contributed by atoms with van der Waals surface area (Å²) in [6.45, 7) is 1.24. The van der Waals surface area contributed by atoms with E-state index in [0.29, 0.717) is 0 Å². The minimum atomic E-state index is -3.82. The van der Waals surface area contributed by atoms with Crippen molar-refractivity contribution < 1.29 is 18.4 Å². The molecule has 3 rings (SSSR count). The standard InChI is InChI=1S/C21H22N2O5S2/c1-21(20(25)22-26,30(2,27)28)11-13-23-12-10-16(14-19(23)24)18-9-8-17(29-18)15-6-4-3-5-7-15/h3-10,12,14,26H,11,13H2,1-2H3,(H,22,25)/t21-/m1/s1. The molecule has 2 heterocycles. The molecule has 7 nitrogen and oxygen atoms in total. The number of rotatable bonds is 7. The summed E-state index contributed by atoms with van der Waals surface area (Å²) >= 11 is 1.57. The average molecular weight is 447 g/mol. The number of carbonyl (C=O) groups excluding carboxylic acids is 1. The topological polar surface area (TPSA) is 105 Å². The number of sulfone groups is 1. The Morgan fingerprint density at radius 3 is 2.30 bits per heavy atom. The Balaban J connectivity index is 1.82. The van der Waals surface area contributed by atoms with Crippen molar-refractivity contribution in [1.29, 1.82) is 0 Å². The van der Waals surface area contributed by atoms with Crippen LogP contribution < -0.4 is 11.0 Å². The third kappa shape index (κ3) is 4.38. The molecule has 1 atom stereocenters. The van der Waals surface area contributed by atoms with Crippen LogP contribution in [-0.4, -0.2) is 35.1 Å². The number of aromatic nitrogens is 1. The molecule has 0 fully saturated rings. The number of nitrogens with one attached hydrogen (secondary N) is 1. The van der Waals surface area contributed by atoms with Gasteiger partial charge in [0, 0.05) is 34.8 Å². The normalized spacial score (nSPS) is 13.6. The molecule has 2 N–H and O–H groups in total. The van der Waals surface area contributed by atoms with Gasteiger partial charge in [-0.15, -0.1) is 11.3 Å². The Kier molecular flexibility index (Phi) is 6.25. The van der Waals surface area contributed by atoms with Gasteiger partial charge in [-0.05, 0) is 42.7 Å². The molecule has 1 amide bonds. The molecule has 0 aliphatic carbocycles. The second-order valence-corrected chi connectivity index (χ2v) is 10.7. The predicted molar refractivity (Wildman–Crippen MR) is 117 cm³/mol. The fourth-order valence-corrected chi connectivity index (χ4v) is 4.87. The quantitative estimate of drug-likeness (QED) is 0.429. The summed E-state index contributed by atoms with van der Waals surface area (Å²) in [4.78, 5) is 26.5. The summed E-state index contributed by atoms with van der Waals surface area (Å²) in [5.74, 6) is -1.03. The molecule has 0 saturated heterocycles. The zero-order valence-electron chi connectivity index (χ0n) is 16.5. The van der Waals surface area contributed by atoms with E-state index in [1.165, 1.54) is 23.0 Å². The Morgan fingerprint density at radius 1 is 1.10 bits per heavy atom. The van der Waals surface area contributed by atoms with Crippen LogP contribution in [0.25, 0.3) is 20.9 Å². The zero-order chi connectivity index (χ0) is 21.9. The molecule has 158 valence electrons. The Morgan fingerprint density at radius 2 is 1.73 bits per heavy atom. The van der Waals surface area contributed by atoms with Gasteiger partial charge in [-0.3, -0.25) is 14.8 Å². The van der Waals surface area contributed by atoms with E-state index in [1.54, 1.807) is 23.6 Å². The highest BCUT2D eigenvalue weighted by Crippen LogP contribution is 2.33. The summed E-state index contributed by atoms with van der Waals surface area (Å²) in [7, 11) is -3.82. The van der Waals surface area contributed by atoms with Crippen LogP contribution in [0.15, 0.2) is 65.6 Å². The fraction of sp³-hybridized carbons (Fsp3) is 0.238. The second kappa shape index (κ2) is 8.55. The summed E-state index contributed by atoms with van der Waals surface area (Å²) in [6, 6.07) is 17.2. The first kappa shape index (κ1) is 21.9. The minimum Gasteiger partial charge on any atom is -0.315 e. The van der Waals surface area contributed by atoms with Gasteiger partial charge in [0.05, 0.1) is 0 Å². The molecule has 0 spiro atoms. The van der Waals surface area contributed by atoms with E-state index in [-0.39, 0.29) is 18.5 Å². The number of hydrogen-bond acceptors (Lipinski definition) is 6. The molecule has 30 heavy (non-hydrogen) atoms. The van der Waals surface area contributed by atoms with Gasteiger partial charge in [0.2, 0.25) is 0 Å². The number of nitrogens with zero attached hydrogens (tertiary/aromatic N) is 1. The van der Waals surface area contributed by atoms with Crippen molar-refractivity contribution >= 4 is 27.1 Å². The van der Waals surface area contributed by atoms with E-state index >= 15 is 0 Å². The number of pyridine rings is 1. The van der Waals surface area contributed by atoms with Gasteiger partial charge in [-0.1, -0.05) is 30.3 Å². The first-order valence-corrected chi connectivity index (χ1v) is 11.9. The van der Waals surface area contributed by atoms with Crippen LogP contribution in [0.5, 0.6) is 0 Å². The molecular weight excluding hydrogens is 424 g/mol. The molecule has 0 aliphatic rings. The molecular formula is C21H22N2O5S2. The van der Waals surface area contributed by atoms with Crippen molar-refractivity contribution in [3.05, 3.63) is 71.1 Å². The lowest BCUT2D eigenvalue weighted by Crippen LogP contribution is -2.49. The maximum Gasteiger partial charge on any atom is 0.264 e. The van der Waals surface area contributed by atoms with Gasteiger partial charge in [0.15, 0.2) is 14.6 Å². The number of hydrogen-bond donors (Lipinski definition) is 2. The van der Waals surface area contributed by atoms with Crippen LogP contribution in [0.3, 0.4) is 0 Å². The number of amides is 1. The average Bonchev–Trinajstić information content (AvgIpc) is 3.22. The van der Waals surface area contributed by atoms with Gasteiger partial charge < -0.3 is 4.57 Å². The van der Waals surface area contributed by atoms with Crippen molar-refractivity contribution in [3.63, 3.8) is 0 Å². The summed E-state index contributed by atoms with van der Waals surface area (Å²) in [5.41, 5.74) is 2.97. The third-order valence-corrected chi connectivity index (χ3v) is 8.38. The molecule has 0 saturated carbocycles. The summed E-state index contributed by atoms with van der Waals surface area (Å²) in [5, 5.41) is 8.90. The summed E-state index contributed by atoms with van der Waals surface area (Å²) < 4.78 is 23.6. The van der Waals surface area contributed by atoms with E-state index in [2.05, 4.69) is 0 Å². The van der Waals surface area contributed by atoms with E-state index < -0.39 is 20.5 Å². The lowest BCUT2D eigenvalue weighted by molar-refractivity contribution is -0.131. The van der Waals surface area contributed by atoms with Gasteiger partial charge in [-0.2, -0.15) is 0 Å². The molecule has 0 bridgehead atoms. The summed E-state index contributed by atoms with van der Waals surface area (Å²) in [6.07, 6.45) is 2.35. The lowest BCUT2D eigenvalue weighted by Gasteiger charge is -2.25. The molecule has 0 radical (unpaired) electrons.